The third kappa shape index (κ3) is 4.98. The molecule has 1 aliphatic carbocycles. The van der Waals surface area contributed by atoms with Crippen LogP contribution in [0.4, 0.5) is 0 Å². The van der Waals surface area contributed by atoms with Gasteiger partial charge in [-0.15, -0.1) is 0 Å². The van der Waals surface area contributed by atoms with Gasteiger partial charge in [0.05, 0.1) is 6.10 Å². The molecule has 0 aromatic heterocycles. The van der Waals surface area contributed by atoms with Gasteiger partial charge in [0, 0.05) is 0 Å². The van der Waals surface area contributed by atoms with Gasteiger partial charge >= 0.3 is 0 Å². The van der Waals surface area contributed by atoms with Crippen molar-refractivity contribution >= 4 is 0 Å². The molecule has 1 saturated carbocycles. The lowest BCUT2D eigenvalue weighted by Gasteiger charge is -2.29. The molecular formula is C25H34O. The summed E-state index contributed by atoms with van der Waals surface area (Å²) < 4.78 is 0. The van der Waals surface area contributed by atoms with Gasteiger partial charge in [0.2, 0.25) is 0 Å². The van der Waals surface area contributed by atoms with Gasteiger partial charge in [-0.25, -0.2) is 0 Å². The Morgan fingerprint density at radius 1 is 0.846 bits per heavy atom. The first-order valence-corrected chi connectivity index (χ1v) is 10.6. The largest absolute Gasteiger partial charge is 0.389 e. The van der Waals surface area contributed by atoms with E-state index in [0.717, 1.165) is 17.4 Å². The van der Waals surface area contributed by atoms with E-state index in [1.165, 1.54) is 68.1 Å². The highest BCUT2D eigenvalue weighted by Gasteiger charge is 2.22. The van der Waals surface area contributed by atoms with Crippen molar-refractivity contribution in [1.82, 2.24) is 0 Å². The highest BCUT2D eigenvalue weighted by molar-refractivity contribution is 5.64. The minimum Gasteiger partial charge on any atom is -0.389 e. The molecule has 2 aromatic carbocycles. The van der Waals surface area contributed by atoms with E-state index in [2.05, 4.69) is 43.3 Å². The van der Waals surface area contributed by atoms with Crippen LogP contribution in [0.5, 0.6) is 0 Å². The van der Waals surface area contributed by atoms with Gasteiger partial charge in [-0.2, -0.15) is 0 Å². The second-order valence-corrected chi connectivity index (χ2v) is 8.13. The summed E-state index contributed by atoms with van der Waals surface area (Å²) in [5.41, 5.74) is 4.97. The van der Waals surface area contributed by atoms with Gasteiger partial charge in [0.15, 0.2) is 0 Å². The topological polar surface area (TPSA) is 20.2 Å². The minimum atomic E-state index is -0.400. The molecule has 1 fully saturated rings. The van der Waals surface area contributed by atoms with E-state index >= 15 is 0 Å². The van der Waals surface area contributed by atoms with E-state index in [9.17, 15) is 5.11 Å². The standard InChI is InChI=1S/C25H34O/c1-3-4-5-6-20-7-9-22(10-8-20)24-15-17-25(18-16-24)23-13-11-21(12-14-23)19(2)26/h11-20,22,26H,3-10H2,1-2H3/t19?,20-,22-. The van der Waals surface area contributed by atoms with Crippen molar-refractivity contribution < 1.29 is 5.11 Å². The zero-order valence-electron chi connectivity index (χ0n) is 16.5. The Morgan fingerprint density at radius 2 is 1.42 bits per heavy atom. The summed E-state index contributed by atoms with van der Waals surface area (Å²) in [7, 11) is 0. The van der Waals surface area contributed by atoms with E-state index in [4.69, 9.17) is 0 Å². The van der Waals surface area contributed by atoms with Crippen LogP contribution in [0.1, 0.15) is 88.4 Å². The van der Waals surface area contributed by atoms with Gasteiger partial charge in [-0.05, 0) is 66.7 Å². The summed E-state index contributed by atoms with van der Waals surface area (Å²) in [6.07, 6.45) is 10.8. The van der Waals surface area contributed by atoms with Crippen molar-refractivity contribution in [2.75, 3.05) is 0 Å². The number of hydrogen-bond acceptors (Lipinski definition) is 1. The number of hydrogen-bond donors (Lipinski definition) is 1. The van der Waals surface area contributed by atoms with Crippen molar-refractivity contribution in [2.45, 2.75) is 77.2 Å². The smallest absolute Gasteiger partial charge is 0.0761 e. The molecule has 0 radical (unpaired) electrons. The fraction of sp³-hybridized carbons (Fsp3) is 0.520. The van der Waals surface area contributed by atoms with Crippen molar-refractivity contribution in [2.24, 2.45) is 5.92 Å². The lowest BCUT2D eigenvalue weighted by atomic mass is 9.77. The molecule has 2 aromatic rings. The zero-order chi connectivity index (χ0) is 18.4. The average molecular weight is 351 g/mol. The van der Waals surface area contributed by atoms with Crippen molar-refractivity contribution in [3.63, 3.8) is 0 Å². The molecule has 0 bridgehead atoms. The molecule has 1 atom stereocenters. The summed E-state index contributed by atoms with van der Waals surface area (Å²) in [6.45, 7) is 4.10. The summed E-state index contributed by atoms with van der Waals surface area (Å²) >= 11 is 0. The van der Waals surface area contributed by atoms with E-state index in [-0.39, 0.29) is 0 Å². The Morgan fingerprint density at radius 3 is 1.96 bits per heavy atom. The first kappa shape index (κ1) is 19.2. The molecule has 0 heterocycles. The SMILES string of the molecule is CCCCC[C@H]1CC[C@H](c2ccc(-c3ccc(C(C)O)cc3)cc2)CC1. The second-order valence-electron chi connectivity index (χ2n) is 8.13. The van der Waals surface area contributed by atoms with Gasteiger partial charge in [-0.1, -0.05) is 81.1 Å². The average Bonchev–Trinajstić information content (AvgIpc) is 2.69. The summed E-state index contributed by atoms with van der Waals surface area (Å²) in [5.74, 6) is 1.73. The predicted octanol–water partition coefficient (Wildman–Crippen LogP) is 7.26. The molecule has 0 aliphatic heterocycles. The van der Waals surface area contributed by atoms with Gasteiger partial charge in [0.1, 0.15) is 0 Å². The monoisotopic (exact) mass is 350 g/mol. The maximum absolute atomic E-state index is 9.64. The van der Waals surface area contributed by atoms with Crippen LogP contribution in [-0.2, 0) is 0 Å². The Labute approximate surface area is 159 Å². The third-order valence-electron chi connectivity index (χ3n) is 6.17. The summed E-state index contributed by atoms with van der Waals surface area (Å²) in [5, 5.41) is 9.64. The summed E-state index contributed by atoms with van der Waals surface area (Å²) in [4.78, 5) is 0. The highest BCUT2D eigenvalue weighted by Crippen LogP contribution is 2.38. The number of unbranched alkanes of at least 4 members (excludes halogenated alkanes) is 2. The maximum Gasteiger partial charge on any atom is 0.0761 e. The Hall–Kier alpha value is -1.60. The molecule has 0 spiro atoms. The van der Waals surface area contributed by atoms with E-state index in [1.807, 2.05) is 19.1 Å². The van der Waals surface area contributed by atoms with E-state index in [1.54, 1.807) is 0 Å². The Bertz CT molecular complexity index is 646. The normalized spacial score (nSPS) is 21.5. The van der Waals surface area contributed by atoms with Gasteiger partial charge < -0.3 is 5.11 Å². The molecule has 1 unspecified atom stereocenters. The number of aliphatic hydroxyl groups excluding tert-OH is 1. The molecule has 140 valence electrons. The van der Waals surface area contributed by atoms with Crippen LogP contribution < -0.4 is 0 Å². The fourth-order valence-corrected chi connectivity index (χ4v) is 4.37. The van der Waals surface area contributed by atoms with Crippen molar-refractivity contribution in [3.05, 3.63) is 59.7 Å². The van der Waals surface area contributed by atoms with Crippen LogP contribution >= 0.6 is 0 Å². The Balaban J connectivity index is 1.56. The molecule has 1 aliphatic rings. The summed E-state index contributed by atoms with van der Waals surface area (Å²) in [6, 6.07) is 17.5. The van der Waals surface area contributed by atoms with Crippen LogP contribution in [0, 0.1) is 5.92 Å². The van der Waals surface area contributed by atoms with Crippen LogP contribution in [0.2, 0.25) is 0 Å². The minimum absolute atomic E-state index is 0.400. The quantitative estimate of drug-likeness (QED) is 0.521. The first-order valence-electron chi connectivity index (χ1n) is 10.6. The molecular weight excluding hydrogens is 316 g/mol. The van der Waals surface area contributed by atoms with Crippen molar-refractivity contribution in [1.29, 1.82) is 0 Å². The number of benzene rings is 2. The maximum atomic E-state index is 9.64. The number of rotatable bonds is 7. The second kappa shape index (κ2) is 9.37. The lowest BCUT2D eigenvalue weighted by molar-refractivity contribution is 0.199. The molecule has 1 heteroatoms. The highest BCUT2D eigenvalue weighted by atomic mass is 16.3. The van der Waals surface area contributed by atoms with Crippen LogP contribution in [0.3, 0.4) is 0 Å². The molecule has 3 rings (SSSR count). The van der Waals surface area contributed by atoms with E-state index < -0.39 is 6.10 Å². The van der Waals surface area contributed by atoms with Crippen LogP contribution in [0.15, 0.2) is 48.5 Å². The zero-order valence-corrected chi connectivity index (χ0v) is 16.5. The lowest BCUT2D eigenvalue weighted by Crippen LogP contribution is -2.13. The van der Waals surface area contributed by atoms with E-state index in [0.29, 0.717) is 0 Å². The van der Waals surface area contributed by atoms with Crippen LogP contribution in [0.25, 0.3) is 11.1 Å². The molecule has 1 N–H and O–H groups in total. The Kier molecular flexibility index (Phi) is 6.91. The molecule has 0 saturated heterocycles. The third-order valence-corrected chi connectivity index (χ3v) is 6.17. The molecule has 0 amide bonds. The van der Waals surface area contributed by atoms with Gasteiger partial charge in [-0.3, -0.25) is 0 Å². The van der Waals surface area contributed by atoms with Crippen LogP contribution in [-0.4, -0.2) is 5.11 Å². The van der Waals surface area contributed by atoms with Crippen molar-refractivity contribution in [3.8, 4) is 11.1 Å². The van der Waals surface area contributed by atoms with Gasteiger partial charge in [0.25, 0.3) is 0 Å². The number of aliphatic hydroxyl groups is 1. The molecule has 1 nitrogen and oxygen atoms in total. The predicted molar refractivity (Wildman–Crippen MR) is 111 cm³/mol. The first-order chi connectivity index (χ1) is 12.7. The molecule has 26 heavy (non-hydrogen) atoms. The fourth-order valence-electron chi connectivity index (χ4n) is 4.37.